The number of pyridine rings is 1. The van der Waals surface area contributed by atoms with Crippen LogP contribution in [0.1, 0.15) is 25.1 Å². The van der Waals surface area contributed by atoms with E-state index in [1.807, 2.05) is 20.8 Å². The molecule has 0 aliphatic rings. The molecule has 160 valence electrons. The van der Waals surface area contributed by atoms with Gasteiger partial charge in [-0.15, -0.1) is 4.80 Å². The highest BCUT2D eigenvalue weighted by Crippen LogP contribution is 2.33. The molecule has 2 N–H and O–H groups in total. The van der Waals surface area contributed by atoms with Crippen LogP contribution in [0.4, 0.5) is 16.2 Å². The highest BCUT2D eigenvalue weighted by atomic mass is 35.5. The summed E-state index contributed by atoms with van der Waals surface area (Å²) in [4.78, 5) is 22.7. The molecule has 0 radical (unpaired) electrons. The first-order valence-electron chi connectivity index (χ1n) is 9.29. The third-order valence-corrected chi connectivity index (χ3v) is 4.94. The minimum atomic E-state index is -0.728. The summed E-state index contributed by atoms with van der Waals surface area (Å²) < 4.78 is 7.30. The highest BCUT2D eigenvalue weighted by molar-refractivity contribution is 6.32. The molecule has 0 spiro atoms. The molecule has 11 nitrogen and oxygen atoms in total. The van der Waals surface area contributed by atoms with Crippen molar-refractivity contribution in [3.63, 3.8) is 0 Å². The summed E-state index contributed by atoms with van der Waals surface area (Å²) in [7, 11) is 1.60. The molecule has 0 saturated heterocycles. The van der Waals surface area contributed by atoms with Crippen LogP contribution in [0.2, 0.25) is 5.02 Å². The van der Waals surface area contributed by atoms with Gasteiger partial charge in [-0.3, -0.25) is 0 Å². The lowest BCUT2D eigenvalue weighted by atomic mass is 9.98. The van der Waals surface area contributed by atoms with Gasteiger partial charge in [-0.1, -0.05) is 11.6 Å². The third kappa shape index (κ3) is 4.05. The summed E-state index contributed by atoms with van der Waals surface area (Å²) in [6.45, 7) is 5.65. The van der Waals surface area contributed by atoms with Crippen LogP contribution in [-0.2, 0) is 10.3 Å². The Morgan fingerprint density at radius 2 is 1.90 bits per heavy atom. The molecule has 2 amide bonds. The van der Waals surface area contributed by atoms with Gasteiger partial charge in [0.05, 0.1) is 64.2 Å². The number of rotatable bonds is 5. The number of methoxy groups -OCH3 is 1. The molecular weight excluding hydrogens is 422 g/mol. The number of urea groups is 1. The number of hydrogen-bond acceptors (Lipinski definition) is 7. The number of halogens is 1. The number of nitrogens with zero attached hydrogens (tertiary/aromatic N) is 7. The van der Waals surface area contributed by atoms with Gasteiger partial charge in [-0.25, -0.2) is 19.3 Å². The standard InChI is InChI=1S/C19H20ClN9O2/c1-11-10-28-17(25-11)15(19(2,3)31-4)14(9-24-28)27-18(30)26-12-7-13(20)16(21-8-12)29-22-5-6-23-29/h5-10H,1-4H3,(H2,26,27,30). The summed E-state index contributed by atoms with van der Waals surface area (Å²) in [6.07, 6.45) is 7.86. The van der Waals surface area contributed by atoms with Gasteiger partial charge in [0.1, 0.15) is 0 Å². The maximum atomic E-state index is 12.7. The van der Waals surface area contributed by atoms with Crippen molar-refractivity contribution in [3.05, 3.63) is 53.3 Å². The topological polar surface area (TPSA) is 124 Å². The number of ether oxygens (including phenoxy) is 1. The second-order valence-corrected chi connectivity index (χ2v) is 7.63. The van der Waals surface area contributed by atoms with Crippen molar-refractivity contribution >= 4 is 34.7 Å². The van der Waals surface area contributed by atoms with Crippen LogP contribution >= 0.6 is 11.6 Å². The number of carbonyl (C=O) groups excluding carboxylic acids is 1. The van der Waals surface area contributed by atoms with Crippen LogP contribution < -0.4 is 10.6 Å². The lowest BCUT2D eigenvalue weighted by molar-refractivity contribution is 0.0206. The van der Waals surface area contributed by atoms with Crippen molar-refractivity contribution in [2.24, 2.45) is 0 Å². The van der Waals surface area contributed by atoms with E-state index in [4.69, 9.17) is 16.3 Å². The lowest BCUT2D eigenvalue weighted by Crippen LogP contribution is -2.27. The number of anilines is 2. The average molecular weight is 442 g/mol. The highest BCUT2D eigenvalue weighted by Gasteiger charge is 2.29. The van der Waals surface area contributed by atoms with E-state index in [0.717, 1.165) is 5.69 Å². The van der Waals surface area contributed by atoms with E-state index in [2.05, 4.69) is 35.9 Å². The fourth-order valence-corrected chi connectivity index (χ4v) is 3.34. The number of aryl methyl sites for hydroxylation is 1. The molecule has 0 bridgehead atoms. The first kappa shape index (κ1) is 20.7. The van der Waals surface area contributed by atoms with Crippen molar-refractivity contribution in [2.45, 2.75) is 26.4 Å². The molecule has 4 aromatic heterocycles. The van der Waals surface area contributed by atoms with E-state index < -0.39 is 11.6 Å². The van der Waals surface area contributed by atoms with Crippen molar-refractivity contribution < 1.29 is 9.53 Å². The molecule has 12 heteroatoms. The molecule has 0 aliphatic heterocycles. The van der Waals surface area contributed by atoms with Crippen LogP contribution in [0.5, 0.6) is 0 Å². The van der Waals surface area contributed by atoms with Gasteiger partial charge in [0.15, 0.2) is 11.5 Å². The molecule has 31 heavy (non-hydrogen) atoms. The zero-order chi connectivity index (χ0) is 22.2. The summed E-state index contributed by atoms with van der Waals surface area (Å²) in [5.41, 5.74) is 2.24. The summed E-state index contributed by atoms with van der Waals surface area (Å²) in [6, 6.07) is 1.07. The molecule has 4 aromatic rings. The predicted octanol–water partition coefficient (Wildman–Crippen LogP) is 3.19. The molecule has 0 saturated carbocycles. The fraction of sp³-hybridized carbons (Fsp3) is 0.263. The molecular formula is C19H20ClN9O2. The minimum Gasteiger partial charge on any atom is -0.374 e. The number of imidazole rings is 1. The second kappa shape index (κ2) is 7.93. The Kier molecular flexibility index (Phi) is 5.29. The number of hydrogen-bond donors (Lipinski definition) is 2. The Balaban J connectivity index is 1.60. The van der Waals surface area contributed by atoms with Crippen LogP contribution in [0, 0.1) is 6.92 Å². The smallest absolute Gasteiger partial charge is 0.323 e. The Morgan fingerprint density at radius 1 is 1.16 bits per heavy atom. The molecule has 4 rings (SSSR count). The quantitative estimate of drug-likeness (QED) is 0.487. The number of aromatic nitrogens is 7. The van der Waals surface area contributed by atoms with Crippen molar-refractivity contribution in [1.82, 2.24) is 34.6 Å². The van der Waals surface area contributed by atoms with E-state index in [0.29, 0.717) is 28.4 Å². The number of nitrogens with one attached hydrogen (secondary N) is 2. The summed E-state index contributed by atoms with van der Waals surface area (Å²) in [5.74, 6) is 0.353. The van der Waals surface area contributed by atoms with Crippen LogP contribution in [0.3, 0.4) is 0 Å². The number of fused-ring (bicyclic) bond motifs is 1. The van der Waals surface area contributed by atoms with Crippen LogP contribution in [0.25, 0.3) is 11.5 Å². The Bertz CT molecular complexity index is 1250. The van der Waals surface area contributed by atoms with Crippen molar-refractivity contribution in [2.75, 3.05) is 17.7 Å². The van der Waals surface area contributed by atoms with Crippen LogP contribution in [-0.4, -0.2) is 47.7 Å². The van der Waals surface area contributed by atoms with Crippen LogP contribution in [0.15, 0.2) is 37.1 Å². The van der Waals surface area contributed by atoms with Gasteiger partial charge >= 0.3 is 6.03 Å². The Hall–Kier alpha value is -3.57. The number of carbonyl (C=O) groups is 1. The normalized spacial score (nSPS) is 11.6. The molecule has 0 fully saturated rings. The SMILES string of the molecule is COC(C)(C)c1c(NC(=O)Nc2cnc(-n3nccn3)c(Cl)c2)cnn2cc(C)nc12. The molecule has 0 aromatic carbocycles. The molecule has 0 atom stereocenters. The zero-order valence-electron chi connectivity index (χ0n) is 17.3. The van der Waals surface area contributed by atoms with E-state index >= 15 is 0 Å². The van der Waals surface area contributed by atoms with Crippen molar-refractivity contribution in [3.8, 4) is 5.82 Å². The van der Waals surface area contributed by atoms with E-state index in [1.54, 1.807) is 30.1 Å². The first-order chi connectivity index (χ1) is 14.8. The van der Waals surface area contributed by atoms with Crippen molar-refractivity contribution in [1.29, 1.82) is 0 Å². The lowest BCUT2D eigenvalue weighted by Gasteiger charge is -2.26. The second-order valence-electron chi connectivity index (χ2n) is 7.23. The Labute approximate surface area is 182 Å². The third-order valence-electron chi connectivity index (χ3n) is 4.66. The predicted molar refractivity (Wildman–Crippen MR) is 115 cm³/mol. The monoisotopic (exact) mass is 441 g/mol. The summed E-state index contributed by atoms with van der Waals surface area (Å²) in [5, 5.41) is 18.1. The zero-order valence-corrected chi connectivity index (χ0v) is 18.0. The number of amides is 2. The van der Waals surface area contributed by atoms with Gasteiger partial charge in [0.25, 0.3) is 0 Å². The largest absolute Gasteiger partial charge is 0.374 e. The van der Waals surface area contributed by atoms with E-state index in [9.17, 15) is 4.79 Å². The van der Waals surface area contributed by atoms with E-state index in [-0.39, 0.29) is 5.02 Å². The van der Waals surface area contributed by atoms with E-state index in [1.165, 1.54) is 23.4 Å². The van der Waals surface area contributed by atoms with Gasteiger partial charge < -0.3 is 15.4 Å². The maximum Gasteiger partial charge on any atom is 0.323 e. The molecule has 0 aliphatic carbocycles. The van der Waals surface area contributed by atoms with Gasteiger partial charge in [-0.05, 0) is 26.8 Å². The fourth-order valence-electron chi connectivity index (χ4n) is 3.10. The maximum absolute atomic E-state index is 12.7. The van der Waals surface area contributed by atoms with Gasteiger partial charge in [-0.2, -0.15) is 15.3 Å². The molecule has 0 unspecified atom stereocenters. The van der Waals surface area contributed by atoms with Gasteiger partial charge in [0, 0.05) is 7.11 Å². The Morgan fingerprint density at radius 3 is 2.58 bits per heavy atom. The summed E-state index contributed by atoms with van der Waals surface area (Å²) >= 11 is 6.26. The molecule has 4 heterocycles. The first-order valence-corrected chi connectivity index (χ1v) is 9.67. The average Bonchev–Trinajstić information content (AvgIpc) is 3.36. The van der Waals surface area contributed by atoms with Gasteiger partial charge in [0.2, 0.25) is 0 Å². The minimum absolute atomic E-state index is 0.283.